The highest BCUT2D eigenvalue weighted by Crippen LogP contribution is 2.25. The van der Waals surface area contributed by atoms with Crippen LogP contribution in [0.4, 0.5) is 0 Å². The van der Waals surface area contributed by atoms with E-state index in [0.29, 0.717) is 31.7 Å². The molecule has 1 saturated heterocycles. The molecule has 7 nitrogen and oxygen atoms in total. The Morgan fingerprint density at radius 1 is 1.21 bits per heavy atom. The number of nitrogens with zero attached hydrogens (tertiary/aromatic N) is 3. The van der Waals surface area contributed by atoms with E-state index in [1.54, 1.807) is 18.3 Å². The Morgan fingerprint density at radius 2 is 1.90 bits per heavy atom. The molecule has 0 atom stereocenters. The van der Waals surface area contributed by atoms with Gasteiger partial charge in [-0.1, -0.05) is 19.1 Å². The maximum Gasteiger partial charge on any atom is 0.245 e. The number of aromatic nitrogens is 1. The molecule has 0 spiro atoms. The third-order valence-corrected chi connectivity index (χ3v) is 7.42. The lowest BCUT2D eigenvalue weighted by Crippen LogP contribution is -2.53. The van der Waals surface area contributed by atoms with Crippen LogP contribution >= 0.6 is 0 Å². The molecule has 0 bridgehead atoms. The van der Waals surface area contributed by atoms with Crippen LogP contribution in [0.2, 0.25) is 0 Å². The number of rotatable bonds is 6. The van der Waals surface area contributed by atoms with Crippen molar-refractivity contribution < 1.29 is 13.2 Å². The van der Waals surface area contributed by atoms with E-state index in [1.807, 2.05) is 44.7 Å². The minimum absolute atomic E-state index is 0.0261. The van der Waals surface area contributed by atoms with Gasteiger partial charge in [-0.2, -0.15) is 4.31 Å². The zero-order valence-electron chi connectivity index (χ0n) is 17.6. The number of hydrogen-bond acceptors (Lipinski definition) is 5. The van der Waals surface area contributed by atoms with Crippen molar-refractivity contribution in [2.75, 3.05) is 32.7 Å². The molecule has 158 valence electrons. The number of carbonyl (C=O) groups is 1. The Bertz CT molecular complexity index is 996. The second-order valence-electron chi connectivity index (χ2n) is 8.31. The summed E-state index contributed by atoms with van der Waals surface area (Å²) in [4.78, 5) is 18.9. The van der Waals surface area contributed by atoms with Gasteiger partial charge in [-0.05, 0) is 44.9 Å². The third kappa shape index (κ3) is 4.94. The minimum atomic E-state index is -3.64. The summed E-state index contributed by atoms with van der Waals surface area (Å²) >= 11 is 0. The van der Waals surface area contributed by atoms with Gasteiger partial charge in [0.25, 0.3) is 0 Å². The summed E-state index contributed by atoms with van der Waals surface area (Å²) in [6, 6.07) is 7.19. The highest BCUT2D eigenvalue weighted by atomic mass is 32.2. The molecule has 3 rings (SSSR count). The molecular weight excluding hydrogens is 388 g/mol. The summed E-state index contributed by atoms with van der Waals surface area (Å²) in [6.45, 7) is 10.0. The zero-order chi connectivity index (χ0) is 21.2. The van der Waals surface area contributed by atoms with Gasteiger partial charge in [0, 0.05) is 43.3 Å². The number of sulfonamides is 1. The molecular formula is C21H30N4O3S. The van der Waals surface area contributed by atoms with Crippen LogP contribution in [-0.2, 0) is 14.8 Å². The molecule has 1 aromatic carbocycles. The molecule has 2 heterocycles. The Labute approximate surface area is 173 Å². The summed E-state index contributed by atoms with van der Waals surface area (Å²) in [7, 11) is -3.64. The van der Waals surface area contributed by atoms with Gasteiger partial charge in [0.05, 0.1) is 12.1 Å². The number of piperazine rings is 1. The number of benzene rings is 1. The monoisotopic (exact) mass is 418 g/mol. The van der Waals surface area contributed by atoms with Crippen LogP contribution in [0.3, 0.4) is 0 Å². The number of carbonyl (C=O) groups excluding carboxylic acids is 1. The van der Waals surface area contributed by atoms with E-state index in [1.165, 1.54) is 4.31 Å². The van der Waals surface area contributed by atoms with Crippen molar-refractivity contribution in [2.45, 2.75) is 44.6 Å². The molecule has 0 radical (unpaired) electrons. The summed E-state index contributed by atoms with van der Waals surface area (Å²) in [6.07, 6.45) is 2.54. The predicted octanol–water partition coefficient (Wildman–Crippen LogP) is 2.15. The van der Waals surface area contributed by atoms with Gasteiger partial charge in [0.15, 0.2) is 0 Å². The van der Waals surface area contributed by atoms with Crippen molar-refractivity contribution in [2.24, 2.45) is 0 Å². The first kappa shape index (κ1) is 21.7. The Balaban J connectivity index is 1.69. The van der Waals surface area contributed by atoms with Crippen LogP contribution < -0.4 is 5.32 Å². The van der Waals surface area contributed by atoms with E-state index < -0.39 is 10.0 Å². The molecule has 1 N–H and O–H groups in total. The van der Waals surface area contributed by atoms with Crippen LogP contribution in [0.1, 0.15) is 32.8 Å². The highest BCUT2D eigenvalue weighted by molar-refractivity contribution is 7.89. The van der Waals surface area contributed by atoms with E-state index in [4.69, 9.17) is 0 Å². The molecule has 1 aliphatic heterocycles. The Hall–Kier alpha value is -2.03. The number of amides is 1. The Morgan fingerprint density at radius 3 is 2.55 bits per heavy atom. The van der Waals surface area contributed by atoms with Crippen molar-refractivity contribution in [3.8, 4) is 0 Å². The van der Waals surface area contributed by atoms with Crippen LogP contribution in [0.25, 0.3) is 10.9 Å². The lowest BCUT2D eigenvalue weighted by atomic mass is 10.0. The average Bonchev–Trinajstić information content (AvgIpc) is 2.67. The standard InChI is InChI=1S/C21H30N4O3S/c1-5-21(3,4)23-19(26)15-24-9-11-25(12-10-24)29(27,28)18-8-6-7-17-13-16(2)14-22-20(17)18/h6-8,13-14H,5,9-12,15H2,1-4H3,(H,23,26). The number of pyridine rings is 1. The molecule has 1 aromatic heterocycles. The van der Waals surface area contributed by atoms with Gasteiger partial charge in [0.1, 0.15) is 4.90 Å². The van der Waals surface area contributed by atoms with E-state index in [-0.39, 0.29) is 22.9 Å². The SMILES string of the molecule is CCC(C)(C)NC(=O)CN1CCN(S(=O)(=O)c2cccc3cc(C)cnc23)CC1. The smallest absolute Gasteiger partial charge is 0.245 e. The minimum Gasteiger partial charge on any atom is -0.350 e. The normalized spacial score (nSPS) is 16.8. The largest absolute Gasteiger partial charge is 0.350 e. The first-order valence-electron chi connectivity index (χ1n) is 10.0. The molecule has 2 aromatic rings. The van der Waals surface area contributed by atoms with Gasteiger partial charge in [-0.25, -0.2) is 8.42 Å². The molecule has 0 aliphatic carbocycles. The van der Waals surface area contributed by atoms with Crippen LogP contribution in [0.15, 0.2) is 35.4 Å². The summed E-state index contributed by atoms with van der Waals surface area (Å²) in [5, 5.41) is 3.84. The number of nitrogens with one attached hydrogen (secondary N) is 1. The van der Waals surface area contributed by atoms with Crippen molar-refractivity contribution in [1.29, 1.82) is 0 Å². The fourth-order valence-corrected chi connectivity index (χ4v) is 5.01. The second kappa shape index (κ2) is 8.38. The van der Waals surface area contributed by atoms with Crippen LogP contribution in [0.5, 0.6) is 0 Å². The van der Waals surface area contributed by atoms with E-state index in [0.717, 1.165) is 17.4 Å². The second-order valence-corrected chi connectivity index (χ2v) is 10.2. The molecule has 1 fully saturated rings. The van der Waals surface area contributed by atoms with Gasteiger partial charge in [-0.15, -0.1) is 0 Å². The number of aryl methyl sites for hydroxylation is 1. The fraction of sp³-hybridized carbons (Fsp3) is 0.524. The number of fused-ring (bicyclic) bond motifs is 1. The predicted molar refractivity (Wildman–Crippen MR) is 114 cm³/mol. The highest BCUT2D eigenvalue weighted by Gasteiger charge is 2.31. The quantitative estimate of drug-likeness (QED) is 0.777. The van der Waals surface area contributed by atoms with Crippen molar-refractivity contribution >= 4 is 26.8 Å². The summed E-state index contributed by atoms with van der Waals surface area (Å²) < 4.78 is 28.0. The average molecular weight is 419 g/mol. The van der Waals surface area contributed by atoms with Crippen molar-refractivity contribution in [3.63, 3.8) is 0 Å². The lowest BCUT2D eigenvalue weighted by Gasteiger charge is -2.34. The van der Waals surface area contributed by atoms with Crippen molar-refractivity contribution in [3.05, 3.63) is 36.0 Å². The van der Waals surface area contributed by atoms with Crippen LogP contribution in [0, 0.1) is 6.92 Å². The zero-order valence-corrected chi connectivity index (χ0v) is 18.4. The molecule has 29 heavy (non-hydrogen) atoms. The molecule has 1 amide bonds. The van der Waals surface area contributed by atoms with Gasteiger partial charge in [-0.3, -0.25) is 14.7 Å². The maximum absolute atomic E-state index is 13.2. The molecule has 0 saturated carbocycles. The maximum atomic E-state index is 13.2. The van der Waals surface area contributed by atoms with E-state index in [2.05, 4.69) is 10.3 Å². The first-order valence-corrected chi connectivity index (χ1v) is 11.5. The van der Waals surface area contributed by atoms with Crippen LogP contribution in [-0.4, -0.2) is 66.8 Å². The van der Waals surface area contributed by atoms with Crippen molar-refractivity contribution in [1.82, 2.24) is 19.5 Å². The summed E-state index contributed by atoms with van der Waals surface area (Å²) in [5.41, 5.74) is 1.26. The number of hydrogen-bond donors (Lipinski definition) is 1. The summed E-state index contributed by atoms with van der Waals surface area (Å²) in [5.74, 6) is -0.0261. The molecule has 8 heteroatoms. The molecule has 1 aliphatic rings. The van der Waals surface area contributed by atoms with Gasteiger partial charge >= 0.3 is 0 Å². The van der Waals surface area contributed by atoms with E-state index >= 15 is 0 Å². The lowest BCUT2D eigenvalue weighted by molar-refractivity contribution is -0.124. The molecule has 0 unspecified atom stereocenters. The topological polar surface area (TPSA) is 82.6 Å². The van der Waals surface area contributed by atoms with Gasteiger partial charge < -0.3 is 5.32 Å². The van der Waals surface area contributed by atoms with E-state index in [9.17, 15) is 13.2 Å². The first-order chi connectivity index (χ1) is 13.6. The third-order valence-electron chi connectivity index (χ3n) is 5.49. The Kier molecular flexibility index (Phi) is 6.26. The fourth-order valence-electron chi connectivity index (χ4n) is 3.43. The van der Waals surface area contributed by atoms with Gasteiger partial charge in [0.2, 0.25) is 15.9 Å². The number of para-hydroxylation sites is 1.